The van der Waals surface area contributed by atoms with Gasteiger partial charge in [-0.05, 0) is 42.0 Å². The fourth-order valence-electron chi connectivity index (χ4n) is 1.86. The first-order chi connectivity index (χ1) is 11.6. The Hall–Kier alpha value is -2.78. The fraction of sp³-hybridized carbons (Fsp3) is 0.111. The van der Waals surface area contributed by atoms with Gasteiger partial charge in [0.25, 0.3) is 0 Å². The van der Waals surface area contributed by atoms with Gasteiger partial charge < -0.3 is 14.2 Å². The van der Waals surface area contributed by atoms with Crippen LogP contribution in [0.15, 0.2) is 53.0 Å². The molecular formula is C18H14BrNO4. The zero-order valence-electron chi connectivity index (χ0n) is 12.9. The number of carbonyl (C=O) groups is 1. The first kappa shape index (κ1) is 17.6. The van der Waals surface area contributed by atoms with E-state index >= 15 is 0 Å². The number of nitriles is 1. The summed E-state index contributed by atoms with van der Waals surface area (Å²) in [6.45, 7) is -0.226. The highest BCUT2D eigenvalue weighted by Gasteiger charge is 2.11. The van der Waals surface area contributed by atoms with Crippen LogP contribution in [-0.4, -0.2) is 19.7 Å². The van der Waals surface area contributed by atoms with Crippen molar-refractivity contribution in [1.82, 2.24) is 0 Å². The second-order valence-corrected chi connectivity index (χ2v) is 5.51. The lowest BCUT2D eigenvalue weighted by Gasteiger charge is -2.10. The van der Waals surface area contributed by atoms with Gasteiger partial charge in [-0.3, -0.25) is 0 Å². The fourth-order valence-corrected chi connectivity index (χ4v) is 2.24. The van der Waals surface area contributed by atoms with E-state index in [0.29, 0.717) is 11.5 Å². The van der Waals surface area contributed by atoms with E-state index in [2.05, 4.69) is 15.9 Å². The SMILES string of the molecule is COc1cc(/C=C\C#N)ccc1OC(=O)COc1cccc(Br)c1. The Morgan fingerprint density at radius 2 is 2.08 bits per heavy atom. The molecule has 0 heterocycles. The van der Waals surface area contributed by atoms with Gasteiger partial charge in [-0.15, -0.1) is 0 Å². The second-order valence-electron chi connectivity index (χ2n) is 4.59. The number of carbonyl (C=O) groups excluding carboxylic acids is 1. The number of allylic oxidation sites excluding steroid dienone is 1. The van der Waals surface area contributed by atoms with Crippen molar-refractivity contribution in [1.29, 1.82) is 5.26 Å². The van der Waals surface area contributed by atoms with Crippen LogP contribution in [-0.2, 0) is 4.79 Å². The third kappa shape index (κ3) is 5.14. The van der Waals surface area contributed by atoms with Gasteiger partial charge in [0.2, 0.25) is 0 Å². The van der Waals surface area contributed by atoms with Gasteiger partial charge in [0.05, 0.1) is 13.2 Å². The quantitative estimate of drug-likeness (QED) is 0.426. The summed E-state index contributed by atoms with van der Waals surface area (Å²) in [5, 5.41) is 8.54. The Morgan fingerprint density at radius 1 is 1.25 bits per heavy atom. The minimum atomic E-state index is -0.548. The topological polar surface area (TPSA) is 68.5 Å². The van der Waals surface area contributed by atoms with Gasteiger partial charge in [-0.1, -0.05) is 28.1 Å². The van der Waals surface area contributed by atoms with Crippen molar-refractivity contribution in [3.8, 4) is 23.3 Å². The van der Waals surface area contributed by atoms with E-state index in [4.69, 9.17) is 19.5 Å². The second kappa shape index (κ2) is 8.75. The van der Waals surface area contributed by atoms with Crippen molar-refractivity contribution >= 4 is 28.0 Å². The van der Waals surface area contributed by atoms with Crippen molar-refractivity contribution in [2.45, 2.75) is 0 Å². The molecule has 24 heavy (non-hydrogen) atoms. The maximum Gasteiger partial charge on any atom is 0.349 e. The molecule has 0 atom stereocenters. The highest BCUT2D eigenvalue weighted by atomic mass is 79.9. The van der Waals surface area contributed by atoms with Crippen LogP contribution in [0, 0.1) is 11.3 Å². The molecule has 0 saturated carbocycles. The molecule has 0 aromatic heterocycles. The maximum absolute atomic E-state index is 11.9. The van der Waals surface area contributed by atoms with Crippen molar-refractivity contribution < 1.29 is 19.0 Å². The van der Waals surface area contributed by atoms with Crippen LogP contribution in [0.25, 0.3) is 6.08 Å². The van der Waals surface area contributed by atoms with E-state index in [-0.39, 0.29) is 12.4 Å². The van der Waals surface area contributed by atoms with E-state index in [1.165, 1.54) is 13.2 Å². The number of halogens is 1. The molecule has 122 valence electrons. The first-order valence-electron chi connectivity index (χ1n) is 6.95. The molecule has 0 aliphatic carbocycles. The number of nitrogens with zero attached hydrogens (tertiary/aromatic N) is 1. The molecule has 0 fully saturated rings. The molecule has 6 heteroatoms. The van der Waals surface area contributed by atoms with Crippen molar-refractivity contribution in [3.05, 3.63) is 58.6 Å². The number of methoxy groups -OCH3 is 1. The summed E-state index contributed by atoms with van der Waals surface area (Å²) in [4.78, 5) is 11.9. The van der Waals surface area contributed by atoms with E-state index < -0.39 is 5.97 Å². The summed E-state index contributed by atoms with van der Waals surface area (Å²) in [5.41, 5.74) is 0.763. The molecule has 5 nitrogen and oxygen atoms in total. The first-order valence-corrected chi connectivity index (χ1v) is 7.75. The number of rotatable bonds is 6. The van der Waals surface area contributed by atoms with Gasteiger partial charge in [-0.2, -0.15) is 5.26 Å². The number of ether oxygens (including phenoxy) is 3. The average Bonchev–Trinajstić information content (AvgIpc) is 2.59. The molecule has 0 N–H and O–H groups in total. The summed E-state index contributed by atoms with van der Waals surface area (Å²) in [5.74, 6) is 0.694. The summed E-state index contributed by atoms with van der Waals surface area (Å²) in [7, 11) is 1.47. The van der Waals surface area contributed by atoms with Crippen LogP contribution < -0.4 is 14.2 Å². The van der Waals surface area contributed by atoms with E-state index in [1.54, 1.807) is 42.5 Å². The molecule has 0 saturated heterocycles. The third-order valence-electron chi connectivity index (χ3n) is 2.91. The van der Waals surface area contributed by atoms with Crippen LogP contribution in [0.4, 0.5) is 0 Å². The molecule has 0 unspecified atom stereocenters. The van der Waals surface area contributed by atoms with Gasteiger partial charge >= 0.3 is 5.97 Å². The van der Waals surface area contributed by atoms with Crippen molar-refractivity contribution in [2.24, 2.45) is 0 Å². The zero-order chi connectivity index (χ0) is 17.4. The minimum absolute atomic E-state index is 0.226. The third-order valence-corrected chi connectivity index (χ3v) is 3.41. The van der Waals surface area contributed by atoms with Crippen LogP contribution in [0.1, 0.15) is 5.56 Å². The number of hydrogen-bond acceptors (Lipinski definition) is 5. The van der Waals surface area contributed by atoms with Crippen LogP contribution in [0.2, 0.25) is 0 Å². The van der Waals surface area contributed by atoms with E-state index in [9.17, 15) is 4.79 Å². The Bertz CT molecular complexity index is 796. The largest absolute Gasteiger partial charge is 0.493 e. The lowest BCUT2D eigenvalue weighted by molar-refractivity contribution is -0.136. The summed E-state index contributed by atoms with van der Waals surface area (Å²) in [6.07, 6.45) is 2.98. The molecule has 0 aliphatic rings. The Labute approximate surface area is 148 Å². The van der Waals surface area contributed by atoms with Crippen molar-refractivity contribution in [2.75, 3.05) is 13.7 Å². The Kier molecular flexibility index (Phi) is 6.41. The average molecular weight is 388 g/mol. The monoisotopic (exact) mass is 387 g/mol. The molecular weight excluding hydrogens is 374 g/mol. The van der Waals surface area contributed by atoms with Gasteiger partial charge in [0.15, 0.2) is 18.1 Å². The molecule has 0 bridgehead atoms. The summed E-state index contributed by atoms with van der Waals surface area (Å²) < 4.78 is 16.7. The van der Waals surface area contributed by atoms with Gasteiger partial charge in [0.1, 0.15) is 5.75 Å². The lowest BCUT2D eigenvalue weighted by Crippen LogP contribution is -2.18. The molecule has 2 rings (SSSR count). The van der Waals surface area contributed by atoms with Crippen LogP contribution in [0.5, 0.6) is 17.2 Å². The highest BCUT2D eigenvalue weighted by molar-refractivity contribution is 9.10. The highest BCUT2D eigenvalue weighted by Crippen LogP contribution is 2.28. The predicted octanol–water partition coefficient (Wildman–Crippen LogP) is 3.98. The number of esters is 1. The van der Waals surface area contributed by atoms with E-state index in [1.807, 2.05) is 12.1 Å². The molecule has 2 aromatic carbocycles. The molecule has 0 aliphatic heterocycles. The number of hydrogen-bond donors (Lipinski definition) is 0. The number of benzene rings is 2. The lowest BCUT2D eigenvalue weighted by atomic mass is 10.2. The van der Waals surface area contributed by atoms with E-state index in [0.717, 1.165) is 10.0 Å². The normalized spacial score (nSPS) is 10.2. The molecule has 0 amide bonds. The van der Waals surface area contributed by atoms with Crippen LogP contribution in [0.3, 0.4) is 0 Å². The minimum Gasteiger partial charge on any atom is -0.493 e. The molecule has 0 radical (unpaired) electrons. The maximum atomic E-state index is 11.9. The van der Waals surface area contributed by atoms with Gasteiger partial charge in [0, 0.05) is 10.5 Å². The van der Waals surface area contributed by atoms with Gasteiger partial charge in [-0.25, -0.2) is 4.79 Å². The summed E-state index contributed by atoms with van der Waals surface area (Å²) in [6, 6.07) is 14.1. The Balaban J connectivity index is 2.00. The predicted molar refractivity (Wildman–Crippen MR) is 92.9 cm³/mol. The summed E-state index contributed by atoms with van der Waals surface area (Å²) >= 11 is 3.33. The smallest absolute Gasteiger partial charge is 0.349 e. The standard InChI is InChI=1S/C18H14BrNO4/c1-22-17-10-13(4-3-9-20)7-8-16(17)24-18(21)12-23-15-6-2-5-14(19)11-15/h2-8,10-11H,12H2,1H3/b4-3-. The Morgan fingerprint density at radius 3 is 2.79 bits per heavy atom. The van der Waals surface area contributed by atoms with Crippen LogP contribution >= 0.6 is 15.9 Å². The molecule has 2 aromatic rings. The van der Waals surface area contributed by atoms with Crippen molar-refractivity contribution in [3.63, 3.8) is 0 Å². The zero-order valence-corrected chi connectivity index (χ0v) is 14.4. The molecule has 0 spiro atoms.